The van der Waals surface area contributed by atoms with E-state index in [4.69, 9.17) is 19.4 Å². The summed E-state index contributed by atoms with van der Waals surface area (Å²) in [4.78, 5) is 16.2. The summed E-state index contributed by atoms with van der Waals surface area (Å²) < 4.78 is 23.4. The molecule has 1 atom stereocenters. The molecule has 0 aromatic heterocycles. The Balaban J connectivity index is 1.45. The molecule has 0 unspecified atom stereocenters. The number of carboxylic acids is 1. The number of nitrogens with zero attached hydrogens (tertiary/aromatic N) is 1. The van der Waals surface area contributed by atoms with Crippen molar-refractivity contribution in [2.45, 2.75) is 12.5 Å². The first-order chi connectivity index (χ1) is 16.0. The molecule has 0 saturated heterocycles. The zero-order valence-corrected chi connectivity index (χ0v) is 17.9. The number of halogens is 1. The lowest BCUT2D eigenvalue weighted by Gasteiger charge is -2.10. The first-order valence-corrected chi connectivity index (χ1v) is 10.1. The van der Waals surface area contributed by atoms with E-state index in [0.29, 0.717) is 17.9 Å². The first kappa shape index (κ1) is 23.5. The monoisotopic (exact) mass is 447 g/mol. The number of rotatable bonds is 9. The molecule has 168 valence electrons. The van der Waals surface area contributed by atoms with Gasteiger partial charge >= 0.3 is 5.97 Å². The molecule has 0 aliphatic rings. The molecule has 3 aromatic carbocycles. The van der Waals surface area contributed by atoms with Crippen molar-refractivity contribution < 1.29 is 28.6 Å². The van der Waals surface area contributed by atoms with Crippen LogP contribution < -0.4 is 9.57 Å². The van der Waals surface area contributed by atoms with Gasteiger partial charge in [0, 0.05) is 19.1 Å². The molecule has 1 N–H and O–H groups in total. The molecule has 7 heteroatoms. The van der Waals surface area contributed by atoms with Crippen LogP contribution in [0.25, 0.3) is 0 Å². The van der Waals surface area contributed by atoms with Crippen molar-refractivity contribution >= 4 is 12.2 Å². The number of carbonyl (C=O) groups is 1. The lowest BCUT2D eigenvalue weighted by molar-refractivity contribution is -0.148. The Kier molecular flexibility index (Phi) is 8.57. The number of methoxy groups -OCH3 is 1. The fourth-order valence-corrected chi connectivity index (χ4v) is 2.76. The molecule has 3 aromatic rings. The summed E-state index contributed by atoms with van der Waals surface area (Å²) in [6.07, 6.45) is 0.971. The molecular weight excluding hydrogens is 425 g/mol. The normalized spacial score (nSPS) is 11.5. The second kappa shape index (κ2) is 12.0. The Bertz CT molecular complexity index is 1130. The molecule has 0 spiro atoms. The lowest BCUT2D eigenvalue weighted by Crippen LogP contribution is -2.24. The van der Waals surface area contributed by atoms with Crippen molar-refractivity contribution in [2.24, 2.45) is 5.16 Å². The zero-order valence-electron chi connectivity index (χ0n) is 17.9. The van der Waals surface area contributed by atoms with Crippen LogP contribution in [0.1, 0.15) is 16.7 Å². The standard InChI is InChI=1S/C26H22FNO5/c1-31-25(26(29)30)17-20-6-4-19(5-7-20)3-2-16-32-23-12-8-21(9-13-23)18-28-33-24-14-10-22(27)11-15-24/h4-15,18,25H,16-17H2,1H3,(H,29,30)/t25-/m0/s1. The van der Waals surface area contributed by atoms with Crippen molar-refractivity contribution in [1.29, 1.82) is 0 Å². The van der Waals surface area contributed by atoms with Gasteiger partial charge in [-0.3, -0.25) is 0 Å². The third kappa shape index (κ3) is 7.80. The van der Waals surface area contributed by atoms with Gasteiger partial charge < -0.3 is 19.4 Å². The second-order valence-corrected chi connectivity index (χ2v) is 6.90. The Morgan fingerprint density at radius 2 is 1.70 bits per heavy atom. The van der Waals surface area contributed by atoms with E-state index in [9.17, 15) is 9.18 Å². The van der Waals surface area contributed by atoms with Gasteiger partial charge in [0.15, 0.2) is 11.9 Å². The molecule has 0 aliphatic carbocycles. The van der Waals surface area contributed by atoms with Crippen LogP contribution in [-0.4, -0.2) is 37.1 Å². The summed E-state index contributed by atoms with van der Waals surface area (Å²) in [5.74, 6) is 5.74. The van der Waals surface area contributed by atoms with Crippen molar-refractivity contribution in [1.82, 2.24) is 0 Å². The maximum absolute atomic E-state index is 12.9. The SMILES string of the molecule is CO[C@@H](Cc1ccc(C#CCOc2ccc(C=NOc3ccc(F)cc3)cc2)cc1)C(=O)O. The largest absolute Gasteiger partial charge is 0.481 e. The second-order valence-electron chi connectivity index (χ2n) is 6.90. The highest BCUT2D eigenvalue weighted by molar-refractivity contribution is 5.79. The van der Waals surface area contributed by atoms with Crippen LogP contribution in [-0.2, 0) is 16.0 Å². The van der Waals surface area contributed by atoms with Gasteiger partial charge in [-0.15, -0.1) is 0 Å². The Morgan fingerprint density at radius 3 is 2.33 bits per heavy atom. The Labute approximate surface area is 191 Å². The summed E-state index contributed by atoms with van der Waals surface area (Å²) in [6.45, 7) is 0.216. The smallest absolute Gasteiger partial charge is 0.333 e. The molecule has 0 aliphatic heterocycles. The van der Waals surface area contributed by atoms with E-state index >= 15 is 0 Å². The van der Waals surface area contributed by atoms with Crippen LogP contribution in [0.2, 0.25) is 0 Å². The number of aliphatic carboxylic acids is 1. The van der Waals surface area contributed by atoms with E-state index in [0.717, 1.165) is 16.7 Å². The molecule has 0 saturated carbocycles. The molecule has 0 fully saturated rings. The minimum atomic E-state index is -0.989. The van der Waals surface area contributed by atoms with E-state index in [1.165, 1.54) is 31.4 Å². The van der Waals surface area contributed by atoms with Gasteiger partial charge in [-0.2, -0.15) is 0 Å². The molecular formula is C26H22FNO5. The molecule has 0 heterocycles. The van der Waals surface area contributed by atoms with Gasteiger partial charge in [0.2, 0.25) is 0 Å². The van der Waals surface area contributed by atoms with Gasteiger partial charge in [-0.25, -0.2) is 9.18 Å². The number of benzene rings is 3. The van der Waals surface area contributed by atoms with Gasteiger partial charge in [-0.05, 0) is 71.8 Å². The number of hydrogen-bond donors (Lipinski definition) is 1. The third-order valence-electron chi connectivity index (χ3n) is 4.53. The molecule has 6 nitrogen and oxygen atoms in total. The van der Waals surface area contributed by atoms with Crippen LogP contribution in [0, 0.1) is 17.7 Å². The molecule has 0 amide bonds. The zero-order chi connectivity index (χ0) is 23.5. The Morgan fingerprint density at radius 1 is 1.03 bits per heavy atom. The Hall–Kier alpha value is -4.15. The average Bonchev–Trinajstić information content (AvgIpc) is 2.83. The summed E-state index contributed by atoms with van der Waals surface area (Å²) >= 11 is 0. The number of hydrogen-bond acceptors (Lipinski definition) is 5. The summed E-state index contributed by atoms with van der Waals surface area (Å²) in [5, 5.41) is 12.9. The minimum Gasteiger partial charge on any atom is -0.481 e. The first-order valence-electron chi connectivity index (χ1n) is 10.1. The third-order valence-corrected chi connectivity index (χ3v) is 4.53. The maximum Gasteiger partial charge on any atom is 0.333 e. The maximum atomic E-state index is 12.9. The van der Waals surface area contributed by atoms with Crippen LogP contribution >= 0.6 is 0 Å². The van der Waals surface area contributed by atoms with Crippen molar-refractivity contribution in [3.63, 3.8) is 0 Å². The number of ether oxygens (including phenoxy) is 2. The lowest BCUT2D eigenvalue weighted by atomic mass is 10.1. The van der Waals surface area contributed by atoms with Crippen molar-refractivity contribution in [2.75, 3.05) is 13.7 Å². The van der Waals surface area contributed by atoms with E-state index in [-0.39, 0.29) is 12.4 Å². The van der Waals surface area contributed by atoms with E-state index < -0.39 is 12.1 Å². The molecule has 0 bridgehead atoms. The topological polar surface area (TPSA) is 77.3 Å². The minimum absolute atomic E-state index is 0.216. The fourth-order valence-electron chi connectivity index (χ4n) is 2.76. The number of carboxylic acid groups (broad SMARTS) is 1. The molecule has 33 heavy (non-hydrogen) atoms. The highest BCUT2D eigenvalue weighted by Crippen LogP contribution is 2.13. The quantitative estimate of drug-likeness (QED) is 0.301. The molecule has 3 rings (SSSR count). The van der Waals surface area contributed by atoms with Gasteiger partial charge in [0.1, 0.15) is 18.2 Å². The highest BCUT2D eigenvalue weighted by Gasteiger charge is 2.16. The summed E-state index contributed by atoms with van der Waals surface area (Å²) in [6, 6.07) is 20.2. The van der Waals surface area contributed by atoms with E-state index in [1.54, 1.807) is 18.3 Å². The van der Waals surface area contributed by atoms with Crippen molar-refractivity contribution in [3.05, 3.63) is 95.3 Å². The van der Waals surface area contributed by atoms with Crippen LogP contribution in [0.5, 0.6) is 11.5 Å². The van der Waals surface area contributed by atoms with Gasteiger partial charge in [-0.1, -0.05) is 29.1 Å². The predicted molar refractivity (Wildman–Crippen MR) is 122 cm³/mol. The average molecular weight is 447 g/mol. The van der Waals surface area contributed by atoms with E-state index in [1.807, 2.05) is 36.4 Å². The van der Waals surface area contributed by atoms with Crippen molar-refractivity contribution in [3.8, 4) is 23.3 Å². The highest BCUT2D eigenvalue weighted by atomic mass is 19.1. The van der Waals surface area contributed by atoms with Gasteiger partial charge in [0.25, 0.3) is 0 Å². The number of oxime groups is 1. The van der Waals surface area contributed by atoms with Crippen LogP contribution in [0.3, 0.4) is 0 Å². The summed E-state index contributed by atoms with van der Waals surface area (Å²) in [5.41, 5.74) is 2.48. The van der Waals surface area contributed by atoms with E-state index in [2.05, 4.69) is 17.0 Å². The predicted octanol–water partition coefficient (Wildman–Crippen LogP) is 4.31. The summed E-state index contributed by atoms with van der Waals surface area (Å²) in [7, 11) is 1.38. The molecule has 0 radical (unpaired) electrons. The fraction of sp³-hybridized carbons (Fsp3) is 0.154. The van der Waals surface area contributed by atoms with Crippen LogP contribution in [0.4, 0.5) is 4.39 Å². The van der Waals surface area contributed by atoms with Crippen LogP contribution in [0.15, 0.2) is 78.0 Å². The van der Waals surface area contributed by atoms with Gasteiger partial charge in [0.05, 0.1) is 6.21 Å².